The standard InChI is InChI=1S/C19H18O8/c20-8-14-15(21)16(22)17(23)19(27-14)25-9-5-6-11-10-3-1-2-4-12(10)18(24)26-13(11)7-9/h1-7,14-17,19-23H,8H2/t14-,15+,16+,17-,19-/m1/s1. The van der Waals surface area contributed by atoms with Crippen molar-refractivity contribution in [1.82, 2.24) is 0 Å². The summed E-state index contributed by atoms with van der Waals surface area (Å²) in [7, 11) is 0. The van der Waals surface area contributed by atoms with Crippen LogP contribution in [0.5, 0.6) is 5.75 Å². The first-order valence-electron chi connectivity index (χ1n) is 8.42. The highest BCUT2D eigenvalue weighted by molar-refractivity contribution is 6.04. The lowest BCUT2D eigenvalue weighted by Gasteiger charge is -2.39. The monoisotopic (exact) mass is 374 g/mol. The van der Waals surface area contributed by atoms with Crippen LogP contribution in [0, 0.1) is 0 Å². The topological polar surface area (TPSA) is 130 Å². The Balaban J connectivity index is 1.68. The number of rotatable bonds is 3. The van der Waals surface area contributed by atoms with E-state index in [-0.39, 0.29) is 5.75 Å². The molecule has 0 saturated carbocycles. The molecule has 0 aliphatic carbocycles. The summed E-state index contributed by atoms with van der Waals surface area (Å²) in [4.78, 5) is 12.1. The Hall–Kier alpha value is -2.49. The normalized spacial score (nSPS) is 28.5. The van der Waals surface area contributed by atoms with Crippen LogP contribution >= 0.6 is 0 Å². The summed E-state index contributed by atoms with van der Waals surface area (Å²) >= 11 is 0. The summed E-state index contributed by atoms with van der Waals surface area (Å²) in [6.45, 7) is -0.552. The number of aliphatic hydroxyl groups is 4. The molecule has 8 heteroatoms. The third-order valence-electron chi connectivity index (χ3n) is 4.69. The molecule has 4 rings (SSSR count). The van der Waals surface area contributed by atoms with E-state index in [1.165, 1.54) is 6.07 Å². The number of hydrogen-bond acceptors (Lipinski definition) is 8. The van der Waals surface area contributed by atoms with E-state index in [0.717, 1.165) is 5.39 Å². The average Bonchev–Trinajstić information content (AvgIpc) is 2.68. The molecule has 1 fully saturated rings. The van der Waals surface area contributed by atoms with Crippen LogP contribution in [-0.4, -0.2) is 57.7 Å². The number of benzene rings is 2. The van der Waals surface area contributed by atoms with Gasteiger partial charge in [-0.2, -0.15) is 0 Å². The fraction of sp³-hybridized carbons (Fsp3) is 0.316. The molecule has 2 aromatic carbocycles. The van der Waals surface area contributed by atoms with Gasteiger partial charge in [-0.05, 0) is 23.6 Å². The van der Waals surface area contributed by atoms with Gasteiger partial charge in [-0.3, -0.25) is 0 Å². The SMILES string of the molecule is O=c1oc2cc(O[C@@H]3O[C@H](CO)[C@H](O)[C@H](O)[C@H]3O)ccc2c2ccccc12. The molecule has 0 radical (unpaired) electrons. The van der Waals surface area contributed by atoms with Gasteiger partial charge in [-0.1, -0.05) is 18.2 Å². The van der Waals surface area contributed by atoms with Crippen LogP contribution in [0.1, 0.15) is 0 Å². The van der Waals surface area contributed by atoms with E-state index >= 15 is 0 Å². The van der Waals surface area contributed by atoms with Crippen LogP contribution in [0.3, 0.4) is 0 Å². The van der Waals surface area contributed by atoms with E-state index < -0.39 is 42.9 Å². The first-order valence-corrected chi connectivity index (χ1v) is 8.42. The van der Waals surface area contributed by atoms with Gasteiger partial charge in [0.25, 0.3) is 0 Å². The minimum atomic E-state index is -1.54. The minimum Gasteiger partial charge on any atom is -0.462 e. The highest BCUT2D eigenvalue weighted by Crippen LogP contribution is 2.29. The second kappa shape index (κ2) is 6.91. The molecule has 0 spiro atoms. The zero-order valence-electron chi connectivity index (χ0n) is 14.1. The fourth-order valence-corrected chi connectivity index (χ4v) is 3.23. The lowest BCUT2D eigenvalue weighted by atomic mass is 9.99. The van der Waals surface area contributed by atoms with E-state index in [0.29, 0.717) is 16.4 Å². The van der Waals surface area contributed by atoms with Gasteiger partial charge in [-0.25, -0.2) is 4.79 Å². The molecule has 1 aromatic heterocycles. The molecule has 0 amide bonds. The lowest BCUT2D eigenvalue weighted by molar-refractivity contribution is -0.277. The molecule has 1 saturated heterocycles. The molecule has 1 aliphatic heterocycles. The van der Waals surface area contributed by atoms with Crippen molar-refractivity contribution in [3.05, 3.63) is 52.9 Å². The lowest BCUT2D eigenvalue weighted by Crippen LogP contribution is -2.60. The molecular weight excluding hydrogens is 356 g/mol. The maximum Gasteiger partial charge on any atom is 0.344 e. The second-order valence-electron chi connectivity index (χ2n) is 6.41. The Bertz CT molecular complexity index is 1030. The third kappa shape index (κ3) is 3.07. The maximum atomic E-state index is 12.1. The van der Waals surface area contributed by atoms with Crippen molar-refractivity contribution in [2.75, 3.05) is 6.61 Å². The molecule has 5 atom stereocenters. The summed E-state index contributed by atoms with van der Waals surface area (Å²) < 4.78 is 16.2. The van der Waals surface area contributed by atoms with Gasteiger partial charge < -0.3 is 34.3 Å². The van der Waals surface area contributed by atoms with Gasteiger partial charge in [0.1, 0.15) is 35.7 Å². The summed E-state index contributed by atoms with van der Waals surface area (Å²) in [5.74, 6) is 0.227. The van der Waals surface area contributed by atoms with Gasteiger partial charge >= 0.3 is 5.63 Å². The fourth-order valence-electron chi connectivity index (χ4n) is 3.23. The zero-order chi connectivity index (χ0) is 19.1. The molecule has 0 unspecified atom stereocenters. The molecule has 142 valence electrons. The number of aliphatic hydroxyl groups excluding tert-OH is 4. The zero-order valence-corrected chi connectivity index (χ0v) is 14.1. The molecule has 4 N–H and O–H groups in total. The number of fused-ring (bicyclic) bond motifs is 3. The van der Waals surface area contributed by atoms with Crippen molar-refractivity contribution in [2.45, 2.75) is 30.7 Å². The number of hydrogen-bond donors (Lipinski definition) is 4. The van der Waals surface area contributed by atoms with Crippen molar-refractivity contribution >= 4 is 21.7 Å². The van der Waals surface area contributed by atoms with E-state index in [1.54, 1.807) is 24.3 Å². The summed E-state index contributed by atoms with van der Waals surface area (Å²) in [6, 6.07) is 11.9. The first-order chi connectivity index (χ1) is 13.0. The predicted octanol–water partition coefficient (Wildman–Crippen LogP) is 0.125. The Kier molecular flexibility index (Phi) is 4.58. The Morgan fingerprint density at radius 2 is 1.67 bits per heavy atom. The van der Waals surface area contributed by atoms with E-state index in [1.807, 2.05) is 12.1 Å². The van der Waals surface area contributed by atoms with Gasteiger partial charge in [0.05, 0.1) is 12.0 Å². The Labute approximate surface area is 152 Å². The van der Waals surface area contributed by atoms with Crippen molar-refractivity contribution in [1.29, 1.82) is 0 Å². The van der Waals surface area contributed by atoms with Crippen molar-refractivity contribution in [3.8, 4) is 5.75 Å². The smallest absolute Gasteiger partial charge is 0.344 e. The summed E-state index contributed by atoms with van der Waals surface area (Å²) in [5.41, 5.74) is -0.191. The molecular formula is C19H18O8. The molecule has 8 nitrogen and oxygen atoms in total. The van der Waals surface area contributed by atoms with Crippen LogP contribution in [0.2, 0.25) is 0 Å². The van der Waals surface area contributed by atoms with Crippen molar-refractivity contribution < 1.29 is 34.3 Å². The van der Waals surface area contributed by atoms with E-state index in [2.05, 4.69) is 0 Å². The van der Waals surface area contributed by atoms with Crippen LogP contribution in [0.25, 0.3) is 21.7 Å². The van der Waals surface area contributed by atoms with E-state index in [9.17, 15) is 25.2 Å². The second-order valence-corrected chi connectivity index (χ2v) is 6.41. The Morgan fingerprint density at radius 3 is 2.41 bits per heavy atom. The van der Waals surface area contributed by atoms with Crippen LogP contribution in [0.15, 0.2) is 51.7 Å². The minimum absolute atomic E-state index is 0.227. The van der Waals surface area contributed by atoms with Gasteiger partial charge in [0.15, 0.2) is 0 Å². The maximum absolute atomic E-state index is 12.1. The predicted molar refractivity (Wildman–Crippen MR) is 94.4 cm³/mol. The molecule has 0 bridgehead atoms. The highest BCUT2D eigenvalue weighted by atomic mass is 16.7. The molecule has 3 aromatic rings. The van der Waals surface area contributed by atoms with Crippen LogP contribution < -0.4 is 10.4 Å². The first kappa shape index (κ1) is 17.9. The molecule has 2 heterocycles. The Morgan fingerprint density at radius 1 is 0.926 bits per heavy atom. The average molecular weight is 374 g/mol. The van der Waals surface area contributed by atoms with Crippen molar-refractivity contribution in [2.24, 2.45) is 0 Å². The van der Waals surface area contributed by atoms with Crippen LogP contribution in [-0.2, 0) is 4.74 Å². The number of ether oxygens (including phenoxy) is 2. The van der Waals surface area contributed by atoms with Crippen molar-refractivity contribution in [3.63, 3.8) is 0 Å². The quantitative estimate of drug-likeness (QED) is 0.376. The molecule has 27 heavy (non-hydrogen) atoms. The van der Waals surface area contributed by atoms with E-state index in [4.69, 9.17) is 13.9 Å². The van der Waals surface area contributed by atoms with Gasteiger partial charge in [0, 0.05) is 11.5 Å². The third-order valence-corrected chi connectivity index (χ3v) is 4.69. The highest BCUT2D eigenvalue weighted by Gasteiger charge is 2.44. The van der Waals surface area contributed by atoms with Gasteiger partial charge in [-0.15, -0.1) is 0 Å². The summed E-state index contributed by atoms with van der Waals surface area (Å²) in [6.07, 6.45) is -6.92. The van der Waals surface area contributed by atoms with Crippen LogP contribution in [0.4, 0.5) is 0 Å². The van der Waals surface area contributed by atoms with Gasteiger partial charge in [0.2, 0.25) is 6.29 Å². The summed E-state index contributed by atoms with van der Waals surface area (Å²) in [5, 5.41) is 40.9. The largest absolute Gasteiger partial charge is 0.462 e. The molecule has 1 aliphatic rings.